The van der Waals surface area contributed by atoms with E-state index in [0.717, 1.165) is 105 Å². The van der Waals surface area contributed by atoms with Crippen LogP contribution >= 0.6 is 27.3 Å². The maximum atomic E-state index is 5.87. The van der Waals surface area contributed by atoms with Gasteiger partial charge < -0.3 is 29.1 Å². The summed E-state index contributed by atoms with van der Waals surface area (Å²) in [6, 6.07) is 9.71. The smallest absolute Gasteiger partial charge is 0.231 e. The third-order valence-electron chi connectivity index (χ3n) is 8.38. The molecule has 2 aliphatic heterocycles. The van der Waals surface area contributed by atoms with Crippen LogP contribution in [0.3, 0.4) is 0 Å². The van der Waals surface area contributed by atoms with Crippen LogP contribution in [0.5, 0.6) is 11.8 Å². The van der Waals surface area contributed by atoms with E-state index in [4.69, 9.17) is 9.47 Å². The zero-order chi connectivity index (χ0) is 31.7. The van der Waals surface area contributed by atoms with E-state index in [1.165, 1.54) is 0 Å². The molecule has 0 radical (unpaired) electrons. The summed E-state index contributed by atoms with van der Waals surface area (Å²) in [5.41, 5.74) is 3.79. The largest absolute Gasteiger partial charge is 0.477 e. The summed E-state index contributed by atoms with van der Waals surface area (Å²) < 4.78 is 16.0. The Morgan fingerprint density at radius 3 is 1.80 bits per heavy atom. The SMILES string of the molecule is CN1CCN(CCCOc2ccc3ncc(-c4ccsc4)n3n2)CC1.CN1CCN(CCCOc2ccc3ncc(Br)n3n2)CC1. The molecule has 5 aromatic heterocycles. The Kier molecular flexibility index (Phi) is 11.5. The predicted octanol–water partition coefficient (Wildman–Crippen LogP) is 3.98. The summed E-state index contributed by atoms with van der Waals surface area (Å²) >= 11 is 5.08. The Balaban J connectivity index is 0.000000164. The van der Waals surface area contributed by atoms with Crippen molar-refractivity contribution in [2.24, 2.45) is 0 Å². The van der Waals surface area contributed by atoms with Crippen LogP contribution in [-0.4, -0.2) is 142 Å². The number of aromatic nitrogens is 6. The van der Waals surface area contributed by atoms with Gasteiger partial charge in [-0.2, -0.15) is 11.3 Å². The third kappa shape index (κ3) is 8.81. The maximum absolute atomic E-state index is 5.87. The molecule has 0 atom stereocenters. The van der Waals surface area contributed by atoms with Crippen LogP contribution in [0.1, 0.15) is 12.8 Å². The third-order valence-corrected chi connectivity index (χ3v) is 9.60. The number of nitrogens with zero attached hydrogens (tertiary/aromatic N) is 10. The molecular weight excluding hydrogens is 668 g/mol. The lowest BCUT2D eigenvalue weighted by molar-refractivity contribution is 0.145. The fraction of sp³-hybridized carbons (Fsp3) is 0.500. The van der Waals surface area contributed by atoms with Crippen LogP contribution in [0.4, 0.5) is 0 Å². The van der Waals surface area contributed by atoms with Gasteiger partial charge in [-0.3, -0.25) is 0 Å². The maximum Gasteiger partial charge on any atom is 0.231 e. The first kappa shape index (κ1) is 32.8. The number of hydrogen-bond donors (Lipinski definition) is 0. The molecule has 46 heavy (non-hydrogen) atoms. The monoisotopic (exact) mass is 710 g/mol. The van der Waals surface area contributed by atoms with Gasteiger partial charge in [-0.1, -0.05) is 0 Å². The molecule has 12 nitrogen and oxygen atoms in total. The van der Waals surface area contributed by atoms with Crippen molar-refractivity contribution in [3.8, 4) is 23.0 Å². The van der Waals surface area contributed by atoms with Crippen LogP contribution in [0.15, 0.2) is 58.1 Å². The Labute approximate surface area is 282 Å². The second-order valence-electron chi connectivity index (χ2n) is 11.8. The second kappa shape index (κ2) is 16.1. The zero-order valence-corrected chi connectivity index (χ0v) is 29.1. The van der Waals surface area contributed by atoms with Crippen molar-refractivity contribution >= 4 is 38.6 Å². The van der Waals surface area contributed by atoms with E-state index < -0.39 is 0 Å². The number of imidazole rings is 2. The Morgan fingerprint density at radius 1 is 0.696 bits per heavy atom. The van der Waals surface area contributed by atoms with E-state index in [1.54, 1.807) is 22.0 Å². The Hall–Kier alpha value is -3.14. The summed E-state index contributed by atoms with van der Waals surface area (Å²) in [6.45, 7) is 12.8. The van der Waals surface area contributed by atoms with Crippen molar-refractivity contribution < 1.29 is 9.47 Å². The number of rotatable bonds is 11. The quantitative estimate of drug-likeness (QED) is 0.188. The highest BCUT2D eigenvalue weighted by Crippen LogP contribution is 2.23. The van der Waals surface area contributed by atoms with Gasteiger partial charge in [0.1, 0.15) is 4.60 Å². The molecular formula is C32H43BrN10O2S. The van der Waals surface area contributed by atoms with Crippen LogP contribution in [0.2, 0.25) is 0 Å². The molecule has 2 fully saturated rings. The number of likely N-dealkylation sites (N-methyl/N-ethyl adjacent to an activating group) is 2. The van der Waals surface area contributed by atoms with Crippen molar-refractivity contribution in [3.05, 3.63) is 58.1 Å². The number of thiophene rings is 1. The van der Waals surface area contributed by atoms with E-state index in [-0.39, 0.29) is 0 Å². The van der Waals surface area contributed by atoms with Crippen LogP contribution in [0, 0.1) is 0 Å². The van der Waals surface area contributed by atoms with Crippen molar-refractivity contribution in [2.75, 3.05) is 92.8 Å². The lowest BCUT2D eigenvalue weighted by atomic mass is 10.3. The minimum Gasteiger partial charge on any atom is -0.477 e. The summed E-state index contributed by atoms with van der Waals surface area (Å²) in [6.07, 6.45) is 5.64. The number of halogens is 1. The van der Waals surface area contributed by atoms with Gasteiger partial charge >= 0.3 is 0 Å². The number of fused-ring (bicyclic) bond motifs is 2. The van der Waals surface area contributed by atoms with Gasteiger partial charge in [0.25, 0.3) is 0 Å². The average Bonchev–Trinajstić information content (AvgIpc) is 3.84. The Morgan fingerprint density at radius 2 is 1.24 bits per heavy atom. The highest BCUT2D eigenvalue weighted by Gasteiger charge is 2.14. The predicted molar refractivity (Wildman–Crippen MR) is 185 cm³/mol. The van der Waals surface area contributed by atoms with Crippen molar-refractivity contribution in [2.45, 2.75) is 12.8 Å². The van der Waals surface area contributed by atoms with E-state index in [0.29, 0.717) is 25.0 Å². The minimum absolute atomic E-state index is 0.638. The van der Waals surface area contributed by atoms with Crippen molar-refractivity contribution in [3.63, 3.8) is 0 Å². The fourth-order valence-electron chi connectivity index (χ4n) is 5.52. The van der Waals surface area contributed by atoms with Gasteiger partial charge in [-0.25, -0.2) is 19.0 Å². The zero-order valence-electron chi connectivity index (χ0n) is 26.7. The molecule has 2 saturated heterocycles. The summed E-state index contributed by atoms with van der Waals surface area (Å²) in [4.78, 5) is 18.4. The summed E-state index contributed by atoms with van der Waals surface area (Å²) in [5, 5.41) is 13.2. The molecule has 0 aliphatic carbocycles. The number of hydrogen-bond acceptors (Lipinski definition) is 11. The van der Waals surface area contributed by atoms with Gasteiger partial charge in [0, 0.05) is 88.5 Å². The van der Waals surface area contributed by atoms with Crippen LogP contribution < -0.4 is 9.47 Å². The van der Waals surface area contributed by atoms with Gasteiger partial charge in [-0.05, 0) is 66.4 Å². The molecule has 0 unspecified atom stereocenters. The fourth-order valence-corrected chi connectivity index (χ4v) is 6.53. The lowest BCUT2D eigenvalue weighted by Crippen LogP contribution is -2.44. The molecule has 0 aromatic carbocycles. The van der Waals surface area contributed by atoms with Crippen molar-refractivity contribution in [1.29, 1.82) is 0 Å². The van der Waals surface area contributed by atoms with Crippen LogP contribution in [0.25, 0.3) is 22.6 Å². The highest BCUT2D eigenvalue weighted by atomic mass is 79.9. The molecule has 246 valence electrons. The molecule has 5 aromatic rings. The van der Waals surface area contributed by atoms with Gasteiger partial charge in [-0.15, -0.1) is 10.2 Å². The molecule has 7 rings (SSSR count). The van der Waals surface area contributed by atoms with E-state index in [1.807, 2.05) is 35.0 Å². The first-order valence-corrected chi connectivity index (χ1v) is 17.7. The van der Waals surface area contributed by atoms with Gasteiger partial charge in [0.2, 0.25) is 11.8 Å². The Bertz CT molecular complexity index is 1650. The first-order valence-electron chi connectivity index (χ1n) is 16.0. The average molecular weight is 712 g/mol. The topological polar surface area (TPSA) is 91.8 Å². The molecule has 0 spiro atoms. The van der Waals surface area contributed by atoms with Crippen molar-refractivity contribution in [1.82, 2.24) is 48.8 Å². The number of ether oxygens (including phenoxy) is 2. The van der Waals surface area contributed by atoms with Gasteiger partial charge in [0.05, 0.1) is 31.3 Å². The normalized spacial score (nSPS) is 16.9. The molecule has 0 saturated carbocycles. The van der Waals surface area contributed by atoms with E-state index >= 15 is 0 Å². The standard InChI is InChI=1S/C18H23N5OS.C14H20BrN5O/c1-21-7-9-22(10-8-21)6-2-11-24-18-4-3-17-19-13-16(23(17)20-18)15-5-12-25-14-15;1-18-6-8-19(9-7-18)5-2-10-21-14-4-3-13-16-11-12(15)20(13)17-14/h3-5,12-14H,2,6-11H2,1H3;3-4,11H,2,5-10H2,1H3. The molecule has 0 amide bonds. The molecule has 2 aliphatic rings. The van der Waals surface area contributed by atoms with Gasteiger partial charge in [0.15, 0.2) is 11.3 Å². The molecule has 14 heteroatoms. The van der Waals surface area contributed by atoms with Crippen LogP contribution in [-0.2, 0) is 0 Å². The molecule has 0 N–H and O–H groups in total. The first-order chi connectivity index (χ1) is 22.5. The molecule has 7 heterocycles. The number of piperazine rings is 2. The summed E-state index contributed by atoms with van der Waals surface area (Å²) in [7, 11) is 4.36. The van der Waals surface area contributed by atoms with E-state index in [2.05, 4.69) is 86.6 Å². The summed E-state index contributed by atoms with van der Waals surface area (Å²) in [5.74, 6) is 1.29. The molecule has 0 bridgehead atoms. The van der Waals surface area contributed by atoms with E-state index in [9.17, 15) is 0 Å². The second-order valence-corrected chi connectivity index (χ2v) is 13.4. The minimum atomic E-state index is 0.638. The highest BCUT2D eigenvalue weighted by molar-refractivity contribution is 9.10. The lowest BCUT2D eigenvalue weighted by Gasteiger charge is -2.32.